The first-order chi connectivity index (χ1) is 13.7. The van der Waals surface area contributed by atoms with Crippen LogP contribution in [0.3, 0.4) is 0 Å². The lowest BCUT2D eigenvalue weighted by atomic mass is 10.1. The highest BCUT2D eigenvalue weighted by atomic mass is 16.5. The molecule has 6 heteroatoms. The van der Waals surface area contributed by atoms with Gasteiger partial charge in [-0.15, -0.1) is 0 Å². The van der Waals surface area contributed by atoms with E-state index >= 15 is 0 Å². The molecule has 2 amide bonds. The third-order valence-corrected chi connectivity index (χ3v) is 4.22. The Morgan fingerprint density at radius 2 is 1.71 bits per heavy atom. The van der Waals surface area contributed by atoms with Crippen LogP contribution in [0, 0.1) is 0 Å². The smallest absolute Gasteiger partial charge is 0.270 e. The van der Waals surface area contributed by atoms with Crippen LogP contribution in [0.4, 0.5) is 11.4 Å². The van der Waals surface area contributed by atoms with Gasteiger partial charge >= 0.3 is 0 Å². The second-order valence-electron chi connectivity index (χ2n) is 6.26. The molecule has 28 heavy (non-hydrogen) atoms. The molecule has 0 aliphatic carbocycles. The molecule has 3 aromatic carbocycles. The molecule has 6 nitrogen and oxygen atoms in total. The third-order valence-electron chi connectivity index (χ3n) is 4.22. The van der Waals surface area contributed by atoms with Crippen molar-refractivity contribution in [2.45, 2.75) is 6.10 Å². The second-order valence-corrected chi connectivity index (χ2v) is 6.26. The molecule has 1 atom stereocenters. The van der Waals surface area contributed by atoms with Crippen LogP contribution in [0.25, 0.3) is 0 Å². The van der Waals surface area contributed by atoms with Crippen molar-refractivity contribution in [1.29, 1.82) is 0 Å². The quantitative estimate of drug-likeness (QED) is 0.713. The Morgan fingerprint density at radius 3 is 2.46 bits per heavy atom. The van der Waals surface area contributed by atoms with Gasteiger partial charge in [-0.3, -0.25) is 9.59 Å². The van der Waals surface area contributed by atoms with Crippen LogP contribution in [-0.2, 0) is 9.59 Å². The number of benzene rings is 3. The monoisotopic (exact) mass is 374 g/mol. The molecule has 1 aliphatic heterocycles. The van der Waals surface area contributed by atoms with E-state index < -0.39 is 6.10 Å². The minimum atomic E-state index is -0.701. The number of rotatable bonds is 5. The van der Waals surface area contributed by atoms with Gasteiger partial charge in [-0.25, -0.2) is 0 Å². The minimum absolute atomic E-state index is 0.111. The summed E-state index contributed by atoms with van der Waals surface area (Å²) in [5.74, 6) is 0.617. The van der Waals surface area contributed by atoms with Crippen molar-refractivity contribution in [3.8, 4) is 11.5 Å². The van der Waals surface area contributed by atoms with E-state index in [2.05, 4.69) is 10.6 Å². The summed E-state index contributed by atoms with van der Waals surface area (Å²) in [5.41, 5.74) is 1.84. The Morgan fingerprint density at radius 1 is 1.00 bits per heavy atom. The zero-order chi connectivity index (χ0) is 19.3. The van der Waals surface area contributed by atoms with E-state index in [1.807, 2.05) is 48.5 Å². The van der Waals surface area contributed by atoms with Crippen molar-refractivity contribution in [2.75, 3.05) is 17.2 Å². The number of carbonyl (C=O) groups is 2. The number of hydrogen-bond donors (Lipinski definition) is 2. The topological polar surface area (TPSA) is 76.7 Å². The van der Waals surface area contributed by atoms with E-state index in [1.165, 1.54) is 0 Å². The third kappa shape index (κ3) is 3.96. The lowest BCUT2D eigenvalue weighted by Gasteiger charge is -2.26. The van der Waals surface area contributed by atoms with Crippen LogP contribution in [0.5, 0.6) is 11.5 Å². The molecular weight excluding hydrogens is 356 g/mol. The minimum Gasteiger partial charge on any atom is -0.484 e. The highest BCUT2D eigenvalue weighted by molar-refractivity contribution is 6.00. The number of hydrogen-bond acceptors (Lipinski definition) is 4. The van der Waals surface area contributed by atoms with Crippen LogP contribution >= 0.6 is 0 Å². The van der Waals surface area contributed by atoms with Crippen LogP contribution in [-0.4, -0.2) is 18.4 Å². The largest absolute Gasteiger partial charge is 0.484 e. The van der Waals surface area contributed by atoms with Gasteiger partial charge in [0.2, 0.25) is 6.10 Å². The van der Waals surface area contributed by atoms with Gasteiger partial charge in [-0.05, 0) is 30.3 Å². The summed E-state index contributed by atoms with van der Waals surface area (Å²) < 4.78 is 11.3. The molecule has 0 saturated heterocycles. The maximum absolute atomic E-state index is 12.4. The predicted octanol–water partition coefficient (Wildman–Crippen LogP) is 3.78. The molecule has 0 fully saturated rings. The van der Waals surface area contributed by atoms with Crippen LogP contribution in [0.1, 0.15) is 11.7 Å². The first-order valence-corrected chi connectivity index (χ1v) is 8.83. The average Bonchev–Trinajstić information content (AvgIpc) is 2.73. The number of para-hydroxylation sites is 1. The summed E-state index contributed by atoms with van der Waals surface area (Å²) >= 11 is 0. The summed E-state index contributed by atoms with van der Waals surface area (Å²) in [6, 6.07) is 23.5. The van der Waals surface area contributed by atoms with E-state index in [-0.39, 0.29) is 18.4 Å². The Labute approximate surface area is 162 Å². The number of anilines is 2. The molecule has 1 aliphatic rings. The van der Waals surface area contributed by atoms with Gasteiger partial charge in [0.25, 0.3) is 11.8 Å². The Balaban J connectivity index is 1.41. The number of ether oxygens (including phenoxy) is 2. The summed E-state index contributed by atoms with van der Waals surface area (Å²) in [6.07, 6.45) is -0.701. The van der Waals surface area contributed by atoms with Gasteiger partial charge in [0.1, 0.15) is 11.5 Å². The first-order valence-electron chi connectivity index (χ1n) is 8.83. The van der Waals surface area contributed by atoms with Crippen molar-refractivity contribution in [1.82, 2.24) is 0 Å². The van der Waals surface area contributed by atoms with Gasteiger partial charge < -0.3 is 20.1 Å². The Bertz CT molecular complexity index is 990. The van der Waals surface area contributed by atoms with E-state index in [0.717, 1.165) is 5.56 Å². The van der Waals surface area contributed by atoms with Crippen LogP contribution in [0.15, 0.2) is 78.9 Å². The van der Waals surface area contributed by atoms with E-state index in [4.69, 9.17) is 9.47 Å². The zero-order valence-electron chi connectivity index (χ0n) is 14.9. The summed E-state index contributed by atoms with van der Waals surface area (Å²) in [4.78, 5) is 24.5. The van der Waals surface area contributed by atoms with Gasteiger partial charge in [-0.1, -0.05) is 48.5 Å². The number of nitrogens with one attached hydrogen (secondary N) is 2. The van der Waals surface area contributed by atoms with Crippen molar-refractivity contribution >= 4 is 23.2 Å². The van der Waals surface area contributed by atoms with Crippen molar-refractivity contribution in [3.05, 3.63) is 84.4 Å². The lowest BCUT2D eigenvalue weighted by Crippen LogP contribution is -2.30. The molecule has 2 N–H and O–H groups in total. The molecule has 1 unspecified atom stereocenters. The zero-order valence-corrected chi connectivity index (χ0v) is 14.9. The molecule has 0 aromatic heterocycles. The maximum Gasteiger partial charge on any atom is 0.270 e. The van der Waals surface area contributed by atoms with Crippen LogP contribution < -0.4 is 20.1 Å². The SMILES string of the molecule is O=C(COc1ccccc1)Nc1ccc2c(c1)NC(=O)C(c1ccccc1)O2. The van der Waals surface area contributed by atoms with E-state index in [9.17, 15) is 9.59 Å². The highest BCUT2D eigenvalue weighted by Gasteiger charge is 2.29. The molecule has 1 heterocycles. The fraction of sp³-hybridized carbons (Fsp3) is 0.0909. The maximum atomic E-state index is 12.4. The molecular formula is C22H18N2O4. The number of fused-ring (bicyclic) bond motifs is 1. The Kier molecular flexibility index (Phi) is 4.93. The van der Waals surface area contributed by atoms with Crippen molar-refractivity contribution < 1.29 is 19.1 Å². The van der Waals surface area contributed by atoms with Gasteiger partial charge in [0.05, 0.1) is 5.69 Å². The Hall–Kier alpha value is -3.80. The molecule has 0 radical (unpaired) electrons. The summed E-state index contributed by atoms with van der Waals surface area (Å²) in [7, 11) is 0. The second kappa shape index (κ2) is 7.84. The van der Waals surface area contributed by atoms with E-state index in [0.29, 0.717) is 22.9 Å². The van der Waals surface area contributed by atoms with Gasteiger partial charge in [-0.2, -0.15) is 0 Å². The summed E-state index contributed by atoms with van der Waals surface area (Å²) in [5, 5.41) is 5.58. The molecule has 140 valence electrons. The predicted molar refractivity (Wildman–Crippen MR) is 105 cm³/mol. The summed E-state index contributed by atoms with van der Waals surface area (Å²) in [6.45, 7) is -0.111. The van der Waals surface area contributed by atoms with Gasteiger partial charge in [0, 0.05) is 11.3 Å². The molecule has 3 aromatic rings. The highest BCUT2D eigenvalue weighted by Crippen LogP contribution is 2.36. The van der Waals surface area contributed by atoms with Crippen LogP contribution in [0.2, 0.25) is 0 Å². The lowest BCUT2D eigenvalue weighted by molar-refractivity contribution is -0.123. The molecule has 4 rings (SSSR count). The molecule has 0 spiro atoms. The van der Waals surface area contributed by atoms with Crippen molar-refractivity contribution in [2.24, 2.45) is 0 Å². The first kappa shape index (κ1) is 17.6. The average molecular weight is 374 g/mol. The van der Waals surface area contributed by atoms with E-state index in [1.54, 1.807) is 30.3 Å². The fourth-order valence-corrected chi connectivity index (χ4v) is 2.90. The normalized spacial score (nSPS) is 15.0. The van der Waals surface area contributed by atoms with Crippen molar-refractivity contribution in [3.63, 3.8) is 0 Å². The number of carbonyl (C=O) groups excluding carboxylic acids is 2. The molecule has 0 bridgehead atoms. The fourth-order valence-electron chi connectivity index (χ4n) is 2.90. The molecule has 0 saturated carbocycles. The standard InChI is InChI=1S/C22H18N2O4/c25-20(14-27-17-9-5-2-6-10-17)23-16-11-12-19-18(13-16)24-22(26)21(28-19)15-7-3-1-4-8-15/h1-13,21H,14H2,(H,23,25)(H,24,26). The van der Waals surface area contributed by atoms with Gasteiger partial charge in [0.15, 0.2) is 6.61 Å². The number of amides is 2.